The van der Waals surface area contributed by atoms with Gasteiger partial charge in [0.1, 0.15) is 0 Å². The van der Waals surface area contributed by atoms with Crippen LogP contribution in [-0.4, -0.2) is 44.3 Å². The van der Waals surface area contributed by atoms with E-state index in [4.69, 9.17) is 0 Å². The topological polar surface area (TPSA) is 98.7 Å². The number of nitrogens with one attached hydrogen (secondary N) is 2. The van der Waals surface area contributed by atoms with Crippen molar-refractivity contribution in [2.45, 2.75) is 122 Å². The molecule has 1 aliphatic carbocycles. The highest BCUT2D eigenvalue weighted by Crippen LogP contribution is 2.59. The molecule has 0 aromatic carbocycles. The maximum Gasteiger partial charge on any atom is 0.310 e. The number of hydrogen-bond acceptors (Lipinski definition) is 4. The summed E-state index contributed by atoms with van der Waals surface area (Å²) in [5.41, 5.74) is -1.42. The third-order valence-corrected chi connectivity index (χ3v) is 8.56. The first-order chi connectivity index (χ1) is 14.4. The molecule has 32 heavy (non-hydrogen) atoms. The van der Waals surface area contributed by atoms with Gasteiger partial charge in [-0.2, -0.15) is 0 Å². The minimum atomic E-state index is -0.878. The summed E-state index contributed by atoms with van der Waals surface area (Å²) in [6.45, 7) is 17.5. The molecule has 0 spiro atoms. The van der Waals surface area contributed by atoms with E-state index in [0.29, 0.717) is 19.3 Å². The number of aliphatic carboxylic acids is 2. The molecule has 3 fully saturated rings. The monoisotopic (exact) mass is 450 g/mol. The van der Waals surface area contributed by atoms with E-state index in [9.17, 15) is 19.8 Å². The summed E-state index contributed by atoms with van der Waals surface area (Å²) in [6.07, 6.45) is 4.75. The minimum Gasteiger partial charge on any atom is -0.481 e. The Morgan fingerprint density at radius 2 is 1.19 bits per heavy atom. The van der Waals surface area contributed by atoms with Crippen LogP contribution in [0.1, 0.15) is 100 Å². The largest absolute Gasteiger partial charge is 0.481 e. The van der Waals surface area contributed by atoms with Crippen molar-refractivity contribution in [3.05, 3.63) is 0 Å². The highest BCUT2D eigenvalue weighted by Gasteiger charge is 2.60. The van der Waals surface area contributed by atoms with Gasteiger partial charge in [-0.3, -0.25) is 9.59 Å². The second kappa shape index (κ2) is 7.97. The van der Waals surface area contributed by atoms with E-state index in [1.165, 1.54) is 0 Å². The molecule has 3 aliphatic rings. The van der Waals surface area contributed by atoms with E-state index in [2.05, 4.69) is 66.0 Å². The lowest BCUT2D eigenvalue weighted by Crippen LogP contribution is -2.65. The Balaban J connectivity index is 2.09. The van der Waals surface area contributed by atoms with E-state index in [1.807, 2.05) is 0 Å². The molecule has 3 rings (SSSR count). The molecule has 0 aromatic rings. The predicted molar refractivity (Wildman–Crippen MR) is 127 cm³/mol. The molecule has 2 heterocycles. The van der Waals surface area contributed by atoms with E-state index < -0.39 is 23.3 Å². The highest BCUT2D eigenvalue weighted by molar-refractivity contribution is 5.77. The zero-order valence-corrected chi connectivity index (χ0v) is 21.5. The number of piperidine rings is 2. The molecule has 0 aromatic heterocycles. The molecule has 1 saturated carbocycles. The number of carboxylic acid groups (broad SMARTS) is 2. The van der Waals surface area contributed by atoms with Gasteiger partial charge in [-0.1, -0.05) is 0 Å². The molecule has 2 saturated heterocycles. The second-order valence-corrected chi connectivity index (χ2v) is 13.8. The fourth-order valence-corrected chi connectivity index (χ4v) is 8.39. The Hall–Kier alpha value is -1.14. The van der Waals surface area contributed by atoms with Crippen LogP contribution < -0.4 is 10.6 Å². The zero-order chi connectivity index (χ0) is 24.3. The summed E-state index contributed by atoms with van der Waals surface area (Å²) in [7, 11) is 0. The van der Waals surface area contributed by atoms with Gasteiger partial charge in [0, 0.05) is 22.2 Å². The number of hydrogen-bond donors (Lipinski definition) is 4. The summed E-state index contributed by atoms with van der Waals surface area (Å²) in [5, 5.41) is 28.2. The smallest absolute Gasteiger partial charge is 0.310 e. The van der Waals surface area contributed by atoms with Gasteiger partial charge in [-0.05, 0) is 118 Å². The summed E-state index contributed by atoms with van der Waals surface area (Å²) in [5.74, 6) is -1.86. The third kappa shape index (κ3) is 5.01. The van der Waals surface area contributed by atoms with Crippen LogP contribution in [0.5, 0.6) is 0 Å². The van der Waals surface area contributed by atoms with Crippen molar-refractivity contribution in [3.63, 3.8) is 0 Å². The zero-order valence-electron chi connectivity index (χ0n) is 21.5. The molecule has 3 atom stereocenters. The van der Waals surface area contributed by atoms with E-state index in [0.717, 1.165) is 25.7 Å². The lowest BCUT2D eigenvalue weighted by molar-refractivity contribution is -0.175. The maximum absolute atomic E-state index is 13.3. The number of carboxylic acids is 2. The normalized spacial score (nSPS) is 37.0. The lowest BCUT2D eigenvalue weighted by atomic mass is 9.48. The minimum absolute atomic E-state index is 0.0205. The van der Waals surface area contributed by atoms with Crippen LogP contribution >= 0.6 is 0 Å². The van der Waals surface area contributed by atoms with E-state index in [-0.39, 0.29) is 39.9 Å². The first kappa shape index (κ1) is 25.5. The van der Waals surface area contributed by atoms with Gasteiger partial charge in [0.2, 0.25) is 0 Å². The molecule has 0 bridgehead atoms. The van der Waals surface area contributed by atoms with Gasteiger partial charge in [-0.25, -0.2) is 0 Å². The van der Waals surface area contributed by atoms with Crippen LogP contribution in [0.3, 0.4) is 0 Å². The first-order valence-electron chi connectivity index (χ1n) is 12.4. The van der Waals surface area contributed by atoms with Crippen LogP contribution in [-0.2, 0) is 9.59 Å². The summed E-state index contributed by atoms with van der Waals surface area (Å²) in [6, 6.07) is 0. The Morgan fingerprint density at radius 3 is 1.59 bits per heavy atom. The van der Waals surface area contributed by atoms with E-state index in [1.54, 1.807) is 0 Å². The van der Waals surface area contributed by atoms with Crippen molar-refractivity contribution in [1.29, 1.82) is 0 Å². The van der Waals surface area contributed by atoms with Crippen molar-refractivity contribution < 1.29 is 19.8 Å². The summed E-state index contributed by atoms with van der Waals surface area (Å²) < 4.78 is 0. The van der Waals surface area contributed by atoms with E-state index >= 15 is 0 Å². The Kier molecular flexibility index (Phi) is 6.35. The summed E-state index contributed by atoms with van der Waals surface area (Å²) in [4.78, 5) is 25.3. The third-order valence-electron chi connectivity index (χ3n) is 8.56. The molecule has 0 amide bonds. The molecule has 6 nitrogen and oxygen atoms in total. The molecule has 3 unspecified atom stereocenters. The Labute approximate surface area is 194 Å². The number of rotatable bonds is 4. The number of carbonyl (C=O) groups is 2. The fourth-order valence-electron chi connectivity index (χ4n) is 8.39. The molecule has 6 heteroatoms. The Morgan fingerprint density at radius 1 is 0.750 bits per heavy atom. The molecule has 2 aliphatic heterocycles. The van der Waals surface area contributed by atoms with Crippen molar-refractivity contribution >= 4 is 11.9 Å². The quantitative estimate of drug-likeness (QED) is 0.497. The van der Waals surface area contributed by atoms with Gasteiger partial charge in [0.15, 0.2) is 0 Å². The predicted octanol–water partition coefficient (Wildman–Crippen LogP) is 4.67. The second-order valence-electron chi connectivity index (χ2n) is 13.8. The van der Waals surface area contributed by atoms with Crippen molar-refractivity contribution in [2.24, 2.45) is 29.1 Å². The first-order valence-corrected chi connectivity index (χ1v) is 12.4. The molecular weight excluding hydrogens is 404 g/mol. The maximum atomic E-state index is 13.3. The van der Waals surface area contributed by atoms with Crippen molar-refractivity contribution in [2.75, 3.05) is 0 Å². The van der Waals surface area contributed by atoms with Crippen LogP contribution in [0, 0.1) is 29.1 Å². The van der Waals surface area contributed by atoms with Crippen molar-refractivity contribution in [1.82, 2.24) is 10.6 Å². The standard InChI is InChI=1S/C26H46N2O4/c1-22(2)12-17(13-23(3,4)27-22)19-11-16(20(29)30)9-10-26(19,21(31)32)18-14-24(5,6)28-25(7,8)15-18/h16-19,27-28H,9-15H2,1-8H3,(H,29,30)(H,31,32). The highest BCUT2D eigenvalue weighted by atomic mass is 16.4. The van der Waals surface area contributed by atoms with Crippen LogP contribution in [0.2, 0.25) is 0 Å². The van der Waals surface area contributed by atoms with Crippen LogP contribution in [0.25, 0.3) is 0 Å². The molecular formula is C26H46N2O4. The average molecular weight is 451 g/mol. The summed E-state index contributed by atoms with van der Waals surface area (Å²) >= 11 is 0. The van der Waals surface area contributed by atoms with Gasteiger partial charge < -0.3 is 20.8 Å². The Bertz CT molecular complexity index is 725. The van der Waals surface area contributed by atoms with Crippen LogP contribution in [0.4, 0.5) is 0 Å². The van der Waals surface area contributed by atoms with Crippen LogP contribution in [0.15, 0.2) is 0 Å². The molecule has 0 radical (unpaired) electrons. The molecule has 184 valence electrons. The van der Waals surface area contributed by atoms with Gasteiger partial charge in [0.25, 0.3) is 0 Å². The average Bonchev–Trinajstić information content (AvgIpc) is 2.55. The lowest BCUT2D eigenvalue weighted by Gasteiger charge is -2.59. The van der Waals surface area contributed by atoms with Crippen molar-refractivity contribution in [3.8, 4) is 0 Å². The van der Waals surface area contributed by atoms with Gasteiger partial charge in [0.05, 0.1) is 11.3 Å². The van der Waals surface area contributed by atoms with Gasteiger partial charge >= 0.3 is 11.9 Å². The fraction of sp³-hybridized carbons (Fsp3) is 0.923. The SMILES string of the molecule is CC1(C)CC(C2CC(C(=O)O)CCC2(C(=O)O)C2CC(C)(C)NC(C)(C)C2)CC(C)(C)N1. The molecule has 4 N–H and O–H groups in total. The van der Waals surface area contributed by atoms with Gasteiger partial charge in [-0.15, -0.1) is 0 Å².